The largest absolute Gasteiger partial charge is 0.550 e. The average molecular weight is 261 g/mol. The first-order chi connectivity index (χ1) is 9.18. The SMILES string of the molecule is O=C([O-])C1CCCCC1C(=O)NCc1cccnc1. The van der Waals surface area contributed by atoms with Crippen molar-refractivity contribution in [2.24, 2.45) is 11.8 Å². The molecule has 1 heterocycles. The summed E-state index contributed by atoms with van der Waals surface area (Å²) in [7, 11) is 0. The highest BCUT2D eigenvalue weighted by molar-refractivity contribution is 5.84. The molecule has 0 saturated heterocycles. The molecule has 1 aliphatic rings. The molecule has 1 fully saturated rings. The van der Waals surface area contributed by atoms with E-state index in [1.807, 2.05) is 6.07 Å². The molecular weight excluding hydrogens is 244 g/mol. The van der Waals surface area contributed by atoms with Gasteiger partial charge in [0.05, 0.1) is 0 Å². The Morgan fingerprint density at radius 1 is 1.32 bits per heavy atom. The number of carboxylic acid groups (broad SMARTS) is 1. The molecule has 1 amide bonds. The van der Waals surface area contributed by atoms with Gasteiger partial charge in [-0.05, 0) is 24.5 Å². The molecule has 2 atom stereocenters. The summed E-state index contributed by atoms with van der Waals surface area (Å²) in [5, 5.41) is 13.8. The van der Waals surface area contributed by atoms with Gasteiger partial charge >= 0.3 is 0 Å². The molecule has 1 saturated carbocycles. The van der Waals surface area contributed by atoms with Crippen LogP contribution in [0.5, 0.6) is 0 Å². The van der Waals surface area contributed by atoms with Crippen LogP contribution in [0.2, 0.25) is 0 Å². The van der Waals surface area contributed by atoms with Gasteiger partial charge in [-0.25, -0.2) is 0 Å². The molecule has 5 heteroatoms. The summed E-state index contributed by atoms with van der Waals surface area (Å²) in [6.07, 6.45) is 6.25. The number of carbonyl (C=O) groups is 2. The second-order valence-electron chi connectivity index (χ2n) is 4.90. The van der Waals surface area contributed by atoms with Gasteiger partial charge in [0.15, 0.2) is 0 Å². The quantitative estimate of drug-likeness (QED) is 0.842. The summed E-state index contributed by atoms with van der Waals surface area (Å²) >= 11 is 0. The number of rotatable bonds is 4. The van der Waals surface area contributed by atoms with Crippen molar-refractivity contribution in [2.75, 3.05) is 0 Å². The Balaban J connectivity index is 1.93. The van der Waals surface area contributed by atoms with Crippen molar-refractivity contribution < 1.29 is 14.7 Å². The molecule has 0 aliphatic heterocycles. The Morgan fingerprint density at radius 2 is 2.05 bits per heavy atom. The highest BCUT2D eigenvalue weighted by Gasteiger charge is 2.31. The van der Waals surface area contributed by atoms with Crippen molar-refractivity contribution in [2.45, 2.75) is 32.2 Å². The maximum atomic E-state index is 12.1. The molecule has 2 rings (SSSR count). The highest BCUT2D eigenvalue weighted by Crippen LogP contribution is 2.29. The molecule has 1 N–H and O–H groups in total. The van der Waals surface area contributed by atoms with E-state index in [1.54, 1.807) is 18.5 Å². The van der Waals surface area contributed by atoms with Gasteiger partial charge in [-0.2, -0.15) is 0 Å². The van der Waals surface area contributed by atoms with E-state index < -0.39 is 17.8 Å². The number of hydrogen-bond acceptors (Lipinski definition) is 4. The first kappa shape index (κ1) is 13.5. The number of carbonyl (C=O) groups excluding carboxylic acids is 2. The minimum Gasteiger partial charge on any atom is -0.550 e. The van der Waals surface area contributed by atoms with Gasteiger partial charge in [0, 0.05) is 36.7 Å². The first-order valence-electron chi connectivity index (χ1n) is 6.56. The molecule has 1 aromatic rings. The van der Waals surface area contributed by atoms with E-state index in [-0.39, 0.29) is 5.91 Å². The Hall–Kier alpha value is -1.91. The van der Waals surface area contributed by atoms with Crippen LogP contribution in [-0.2, 0) is 16.1 Å². The van der Waals surface area contributed by atoms with E-state index in [0.717, 1.165) is 18.4 Å². The number of hydrogen-bond donors (Lipinski definition) is 1. The molecular formula is C14H17N2O3-. The van der Waals surface area contributed by atoms with Crippen LogP contribution in [0, 0.1) is 11.8 Å². The minimum absolute atomic E-state index is 0.197. The van der Waals surface area contributed by atoms with Crippen LogP contribution >= 0.6 is 0 Å². The summed E-state index contributed by atoms with van der Waals surface area (Å²) in [6, 6.07) is 3.66. The maximum Gasteiger partial charge on any atom is 0.224 e. The lowest BCUT2D eigenvalue weighted by atomic mass is 9.78. The van der Waals surface area contributed by atoms with Crippen LogP contribution in [0.3, 0.4) is 0 Å². The second-order valence-corrected chi connectivity index (χ2v) is 4.90. The third-order valence-electron chi connectivity index (χ3n) is 3.60. The fourth-order valence-corrected chi connectivity index (χ4v) is 2.55. The number of carboxylic acids is 1. The van der Waals surface area contributed by atoms with Crippen molar-refractivity contribution in [3.63, 3.8) is 0 Å². The fraction of sp³-hybridized carbons (Fsp3) is 0.500. The van der Waals surface area contributed by atoms with Gasteiger partial charge in [-0.1, -0.05) is 18.9 Å². The third-order valence-corrected chi connectivity index (χ3v) is 3.60. The van der Waals surface area contributed by atoms with Gasteiger partial charge < -0.3 is 15.2 Å². The van der Waals surface area contributed by atoms with Crippen LogP contribution in [0.1, 0.15) is 31.2 Å². The molecule has 102 valence electrons. The van der Waals surface area contributed by atoms with E-state index in [1.165, 1.54) is 0 Å². The molecule has 0 radical (unpaired) electrons. The fourth-order valence-electron chi connectivity index (χ4n) is 2.55. The molecule has 1 aliphatic carbocycles. The number of amides is 1. The summed E-state index contributed by atoms with van der Waals surface area (Å²) in [5.41, 5.74) is 0.900. The number of aromatic nitrogens is 1. The Labute approximate surface area is 112 Å². The molecule has 0 spiro atoms. The van der Waals surface area contributed by atoms with Crippen LogP contribution in [0.15, 0.2) is 24.5 Å². The van der Waals surface area contributed by atoms with Gasteiger partial charge in [0.1, 0.15) is 0 Å². The van der Waals surface area contributed by atoms with Crippen LogP contribution in [0.4, 0.5) is 0 Å². The summed E-state index contributed by atoms with van der Waals surface area (Å²) < 4.78 is 0. The molecule has 2 unspecified atom stereocenters. The summed E-state index contributed by atoms with van der Waals surface area (Å²) in [6.45, 7) is 0.378. The van der Waals surface area contributed by atoms with E-state index in [9.17, 15) is 14.7 Å². The lowest BCUT2D eigenvalue weighted by Crippen LogP contribution is -2.44. The summed E-state index contributed by atoms with van der Waals surface area (Å²) in [4.78, 5) is 27.1. The smallest absolute Gasteiger partial charge is 0.224 e. The number of nitrogens with one attached hydrogen (secondary N) is 1. The van der Waals surface area contributed by atoms with Crippen molar-refractivity contribution in [1.29, 1.82) is 0 Å². The predicted molar refractivity (Wildman–Crippen MR) is 66.5 cm³/mol. The Bertz CT molecular complexity index is 447. The Kier molecular flexibility index (Phi) is 4.49. The van der Waals surface area contributed by atoms with Crippen LogP contribution < -0.4 is 10.4 Å². The van der Waals surface area contributed by atoms with Crippen molar-refractivity contribution in [1.82, 2.24) is 10.3 Å². The minimum atomic E-state index is -1.11. The molecule has 19 heavy (non-hydrogen) atoms. The van der Waals surface area contributed by atoms with Gasteiger partial charge in [-0.15, -0.1) is 0 Å². The Morgan fingerprint density at radius 3 is 2.68 bits per heavy atom. The second kappa shape index (κ2) is 6.31. The predicted octanol–water partition coefficient (Wildman–Crippen LogP) is 0.254. The lowest BCUT2D eigenvalue weighted by molar-refractivity contribution is -0.314. The third kappa shape index (κ3) is 3.53. The zero-order valence-corrected chi connectivity index (χ0v) is 10.7. The standard InChI is InChI=1S/C14H18N2O3/c17-13(16-9-10-4-3-7-15-8-10)11-5-1-2-6-12(11)14(18)19/h3-4,7-8,11-12H,1-2,5-6,9H2,(H,16,17)(H,18,19)/p-1. The summed E-state index contributed by atoms with van der Waals surface area (Å²) in [5.74, 6) is -2.42. The highest BCUT2D eigenvalue weighted by atomic mass is 16.4. The monoisotopic (exact) mass is 261 g/mol. The van der Waals surface area contributed by atoms with E-state index >= 15 is 0 Å². The van der Waals surface area contributed by atoms with E-state index in [0.29, 0.717) is 19.4 Å². The number of aliphatic carboxylic acids is 1. The maximum absolute atomic E-state index is 12.1. The molecule has 0 bridgehead atoms. The zero-order valence-electron chi connectivity index (χ0n) is 10.7. The van der Waals surface area contributed by atoms with Gasteiger partial charge in [0.25, 0.3) is 0 Å². The molecule has 0 aromatic carbocycles. The average Bonchev–Trinajstić information content (AvgIpc) is 2.46. The van der Waals surface area contributed by atoms with Crippen LogP contribution in [-0.4, -0.2) is 16.9 Å². The van der Waals surface area contributed by atoms with Crippen molar-refractivity contribution in [3.05, 3.63) is 30.1 Å². The normalized spacial score (nSPS) is 22.7. The van der Waals surface area contributed by atoms with Crippen molar-refractivity contribution >= 4 is 11.9 Å². The van der Waals surface area contributed by atoms with E-state index in [4.69, 9.17) is 0 Å². The van der Waals surface area contributed by atoms with Crippen molar-refractivity contribution in [3.8, 4) is 0 Å². The molecule has 5 nitrogen and oxygen atoms in total. The lowest BCUT2D eigenvalue weighted by Gasteiger charge is -2.31. The van der Waals surface area contributed by atoms with E-state index in [2.05, 4.69) is 10.3 Å². The van der Waals surface area contributed by atoms with Crippen LogP contribution in [0.25, 0.3) is 0 Å². The first-order valence-corrected chi connectivity index (χ1v) is 6.56. The number of pyridine rings is 1. The topological polar surface area (TPSA) is 82.1 Å². The number of nitrogens with zero attached hydrogens (tertiary/aromatic N) is 1. The van der Waals surface area contributed by atoms with Gasteiger partial charge in [-0.3, -0.25) is 9.78 Å². The molecule has 1 aromatic heterocycles. The van der Waals surface area contributed by atoms with Gasteiger partial charge in [0.2, 0.25) is 5.91 Å². The zero-order chi connectivity index (χ0) is 13.7.